The monoisotopic (exact) mass is 427 g/mol. The smallest absolute Gasteiger partial charge is 0.338 e. The first-order chi connectivity index (χ1) is 13.3. The predicted octanol–water partition coefficient (Wildman–Crippen LogP) is 3.29. The van der Waals surface area contributed by atoms with Gasteiger partial charge in [-0.3, -0.25) is 0 Å². The molecule has 6 nitrogen and oxygen atoms in total. The summed E-state index contributed by atoms with van der Waals surface area (Å²) in [6.07, 6.45) is 1.51. The van der Waals surface area contributed by atoms with Crippen molar-refractivity contribution in [2.24, 2.45) is 0 Å². The van der Waals surface area contributed by atoms with Crippen molar-refractivity contribution in [3.05, 3.63) is 64.4 Å². The van der Waals surface area contributed by atoms with Crippen LogP contribution in [0, 0.1) is 5.82 Å². The predicted molar refractivity (Wildman–Crippen MR) is 101 cm³/mol. The molecule has 1 saturated heterocycles. The number of benzene rings is 2. The molecule has 1 fully saturated rings. The minimum Gasteiger partial charge on any atom is -0.457 e. The second-order valence-corrected chi connectivity index (χ2v) is 8.48. The maximum absolute atomic E-state index is 12.9. The molecule has 9 heteroatoms. The van der Waals surface area contributed by atoms with Crippen molar-refractivity contribution in [3.8, 4) is 0 Å². The first-order valence-electron chi connectivity index (χ1n) is 8.67. The van der Waals surface area contributed by atoms with Gasteiger partial charge < -0.3 is 9.47 Å². The van der Waals surface area contributed by atoms with Crippen molar-refractivity contribution in [2.45, 2.75) is 30.4 Å². The van der Waals surface area contributed by atoms with Crippen LogP contribution in [0.5, 0.6) is 0 Å². The molecule has 0 amide bonds. The number of ether oxygens (including phenoxy) is 2. The molecule has 28 heavy (non-hydrogen) atoms. The molecule has 1 heterocycles. The lowest BCUT2D eigenvalue weighted by Gasteiger charge is -2.13. The molecule has 0 aliphatic carbocycles. The second kappa shape index (κ2) is 9.00. The molecule has 3 rings (SSSR count). The van der Waals surface area contributed by atoms with Gasteiger partial charge in [-0.15, -0.1) is 0 Å². The number of hydrogen-bond donors (Lipinski definition) is 1. The van der Waals surface area contributed by atoms with Crippen molar-refractivity contribution in [3.63, 3.8) is 0 Å². The molecule has 1 unspecified atom stereocenters. The Kier molecular flexibility index (Phi) is 6.66. The van der Waals surface area contributed by atoms with Gasteiger partial charge in [-0.1, -0.05) is 23.7 Å². The van der Waals surface area contributed by atoms with Gasteiger partial charge >= 0.3 is 5.97 Å². The third kappa shape index (κ3) is 5.29. The lowest BCUT2D eigenvalue weighted by molar-refractivity contribution is 0.0472. The van der Waals surface area contributed by atoms with Gasteiger partial charge in [0.2, 0.25) is 10.0 Å². The highest BCUT2D eigenvalue weighted by atomic mass is 35.5. The molecule has 0 bridgehead atoms. The zero-order valence-corrected chi connectivity index (χ0v) is 16.4. The average Bonchev–Trinajstić information content (AvgIpc) is 3.20. The quantitative estimate of drug-likeness (QED) is 0.686. The number of rotatable bonds is 7. The van der Waals surface area contributed by atoms with Gasteiger partial charge in [0, 0.05) is 13.2 Å². The Bertz CT molecular complexity index is 943. The van der Waals surface area contributed by atoms with Crippen LogP contribution in [0.3, 0.4) is 0 Å². The highest BCUT2D eigenvalue weighted by Gasteiger charge is 2.23. The SMILES string of the molecule is O=C(OCc1ccc(F)cc1)c1ccc(Cl)c(S(=O)(=O)NCC2CCCO2)c1. The first-order valence-corrected chi connectivity index (χ1v) is 10.5. The summed E-state index contributed by atoms with van der Waals surface area (Å²) >= 11 is 6.03. The summed E-state index contributed by atoms with van der Waals surface area (Å²) in [6, 6.07) is 9.40. The van der Waals surface area contributed by atoms with Crippen LogP contribution in [0.25, 0.3) is 0 Å². The molecule has 0 spiro atoms. The van der Waals surface area contributed by atoms with Crippen molar-refractivity contribution in [1.82, 2.24) is 4.72 Å². The van der Waals surface area contributed by atoms with Gasteiger partial charge in [-0.2, -0.15) is 0 Å². The minimum absolute atomic E-state index is 0.00470. The fraction of sp³-hybridized carbons (Fsp3) is 0.316. The van der Waals surface area contributed by atoms with Crippen LogP contribution in [-0.4, -0.2) is 33.6 Å². The van der Waals surface area contributed by atoms with Crippen molar-refractivity contribution in [2.75, 3.05) is 13.2 Å². The Labute approximate surface area is 167 Å². The highest BCUT2D eigenvalue weighted by Crippen LogP contribution is 2.24. The number of carbonyl (C=O) groups excluding carboxylic acids is 1. The maximum atomic E-state index is 12.9. The zero-order chi connectivity index (χ0) is 20.1. The Balaban J connectivity index is 1.68. The van der Waals surface area contributed by atoms with E-state index in [2.05, 4.69) is 4.72 Å². The number of sulfonamides is 1. The summed E-state index contributed by atoms with van der Waals surface area (Å²) < 4.78 is 51.1. The third-order valence-electron chi connectivity index (χ3n) is 4.26. The van der Waals surface area contributed by atoms with Crippen LogP contribution in [0.4, 0.5) is 4.39 Å². The van der Waals surface area contributed by atoms with E-state index in [1.165, 1.54) is 42.5 Å². The molecular formula is C19H19ClFNO5S. The summed E-state index contributed by atoms with van der Waals surface area (Å²) in [7, 11) is -3.92. The van der Waals surface area contributed by atoms with E-state index in [1.54, 1.807) is 0 Å². The number of hydrogen-bond acceptors (Lipinski definition) is 5. The van der Waals surface area contributed by atoms with E-state index < -0.39 is 21.8 Å². The van der Waals surface area contributed by atoms with E-state index >= 15 is 0 Å². The molecule has 1 aliphatic heterocycles. The summed E-state index contributed by atoms with van der Waals surface area (Å²) in [5.41, 5.74) is 0.652. The van der Waals surface area contributed by atoms with Gasteiger partial charge in [0.15, 0.2) is 0 Å². The Morgan fingerprint density at radius 2 is 2.00 bits per heavy atom. The Hall–Kier alpha value is -2.00. The average molecular weight is 428 g/mol. The third-order valence-corrected chi connectivity index (χ3v) is 6.17. The van der Waals surface area contributed by atoms with Gasteiger partial charge in [0.1, 0.15) is 17.3 Å². The van der Waals surface area contributed by atoms with E-state index in [9.17, 15) is 17.6 Å². The van der Waals surface area contributed by atoms with E-state index in [1.807, 2.05) is 0 Å². The lowest BCUT2D eigenvalue weighted by Crippen LogP contribution is -2.32. The van der Waals surface area contributed by atoms with Crippen molar-refractivity contribution in [1.29, 1.82) is 0 Å². The van der Waals surface area contributed by atoms with E-state index in [-0.39, 0.29) is 34.7 Å². The van der Waals surface area contributed by atoms with Crippen LogP contribution in [-0.2, 0) is 26.1 Å². The largest absolute Gasteiger partial charge is 0.457 e. The van der Waals surface area contributed by atoms with Gasteiger partial charge in [0.25, 0.3) is 0 Å². The fourth-order valence-corrected chi connectivity index (χ4v) is 4.32. The normalized spacial score (nSPS) is 16.9. The van der Waals surface area contributed by atoms with Gasteiger partial charge in [-0.25, -0.2) is 22.3 Å². The first kappa shape index (κ1) is 20.7. The summed E-state index contributed by atoms with van der Waals surface area (Å²) in [5, 5.41) is -0.00470. The van der Waals surface area contributed by atoms with E-state index in [0.717, 1.165) is 12.8 Å². The Morgan fingerprint density at radius 1 is 1.25 bits per heavy atom. The molecule has 0 radical (unpaired) electrons. The van der Waals surface area contributed by atoms with E-state index in [4.69, 9.17) is 21.1 Å². The van der Waals surface area contributed by atoms with Gasteiger partial charge in [0.05, 0.1) is 16.7 Å². The van der Waals surface area contributed by atoms with Crippen LogP contribution >= 0.6 is 11.6 Å². The van der Waals surface area contributed by atoms with Crippen LogP contribution in [0.1, 0.15) is 28.8 Å². The summed E-state index contributed by atoms with van der Waals surface area (Å²) in [6.45, 7) is 0.682. The number of esters is 1. The van der Waals surface area contributed by atoms with Crippen LogP contribution in [0.2, 0.25) is 5.02 Å². The lowest BCUT2D eigenvalue weighted by atomic mass is 10.2. The standard InChI is InChI=1S/C19H19ClFNO5S/c20-17-8-5-14(19(23)27-12-13-3-6-15(21)7-4-13)10-18(17)28(24,25)22-11-16-2-1-9-26-16/h3-8,10,16,22H,1-2,9,11-12H2. The molecule has 1 atom stereocenters. The molecule has 0 aromatic heterocycles. The molecule has 1 aliphatic rings. The number of nitrogens with one attached hydrogen (secondary N) is 1. The second-order valence-electron chi connectivity index (χ2n) is 6.33. The topological polar surface area (TPSA) is 81.7 Å². The molecular weight excluding hydrogens is 409 g/mol. The number of carbonyl (C=O) groups is 1. The summed E-state index contributed by atoms with van der Waals surface area (Å²) in [4.78, 5) is 12.1. The molecule has 2 aromatic rings. The van der Waals surface area contributed by atoms with Crippen LogP contribution < -0.4 is 4.72 Å². The zero-order valence-electron chi connectivity index (χ0n) is 14.9. The fourth-order valence-electron chi connectivity index (χ4n) is 2.73. The van der Waals surface area contributed by atoms with Crippen molar-refractivity contribution >= 4 is 27.6 Å². The minimum atomic E-state index is -3.92. The highest BCUT2D eigenvalue weighted by molar-refractivity contribution is 7.89. The molecule has 150 valence electrons. The molecule has 1 N–H and O–H groups in total. The van der Waals surface area contributed by atoms with Crippen molar-refractivity contribution < 1.29 is 27.1 Å². The van der Waals surface area contributed by atoms with Crippen LogP contribution in [0.15, 0.2) is 47.4 Å². The van der Waals surface area contributed by atoms with E-state index in [0.29, 0.717) is 12.2 Å². The molecule has 0 saturated carbocycles. The maximum Gasteiger partial charge on any atom is 0.338 e. The summed E-state index contributed by atoms with van der Waals surface area (Å²) in [5.74, 6) is -1.10. The molecule has 2 aromatic carbocycles. The Morgan fingerprint density at radius 3 is 2.68 bits per heavy atom. The van der Waals surface area contributed by atoms with Gasteiger partial charge in [-0.05, 0) is 48.7 Å². The number of halogens is 2.